The van der Waals surface area contributed by atoms with Gasteiger partial charge in [0.15, 0.2) is 11.0 Å². The first-order chi connectivity index (χ1) is 22.9. The van der Waals surface area contributed by atoms with E-state index >= 15 is 0 Å². The highest BCUT2D eigenvalue weighted by Gasteiger charge is 2.28. The lowest BCUT2D eigenvalue weighted by molar-refractivity contribution is -0.118. The second-order valence-corrected chi connectivity index (χ2v) is 14.2. The molecule has 1 fully saturated rings. The summed E-state index contributed by atoms with van der Waals surface area (Å²) in [4.78, 5) is 13.3. The lowest BCUT2D eigenvalue weighted by Crippen LogP contribution is -2.40. The van der Waals surface area contributed by atoms with E-state index in [4.69, 9.17) is 4.74 Å². The number of nitrogens with one attached hydrogen (secondary N) is 1. The topological polar surface area (TPSA) is 106 Å². The Labute approximate surface area is 280 Å². The molecule has 1 amide bonds. The third-order valence-corrected chi connectivity index (χ3v) is 11.0. The Morgan fingerprint density at radius 2 is 1.49 bits per heavy atom. The van der Waals surface area contributed by atoms with Crippen LogP contribution in [0.2, 0.25) is 0 Å². The average Bonchev–Trinajstić information content (AvgIpc) is 3.54. The number of hydrogen-bond donors (Lipinski definition) is 1. The van der Waals surface area contributed by atoms with Crippen molar-refractivity contribution < 1.29 is 17.9 Å². The number of aromatic nitrogens is 3. The highest BCUT2D eigenvalue weighted by molar-refractivity contribution is 7.99. The van der Waals surface area contributed by atoms with Crippen molar-refractivity contribution in [2.24, 2.45) is 0 Å². The fourth-order valence-electron chi connectivity index (χ4n) is 5.72. The Kier molecular flexibility index (Phi) is 10.5. The molecular formula is C36H37N5O4S2. The van der Waals surface area contributed by atoms with Crippen LogP contribution in [0.3, 0.4) is 0 Å². The average molecular weight is 668 g/mol. The Hall–Kier alpha value is -4.29. The van der Waals surface area contributed by atoms with E-state index in [1.807, 2.05) is 78.2 Å². The number of hydrogen-bond acceptors (Lipinski definition) is 7. The fraction of sp³-hybridized carbons (Fsp3) is 0.250. The molecule has 0 saturated carbocycles. The number of sulfonamides is 1. The van der Waals surface area contributed by atoms with Gasteiger partial charge in [0.1, 0.15) is 0 Å². The van der Waals surface area contributed by atoms with Crippen LogP contribution in [0.5, 0.6) is 0 Å². The number of carbonyl (C=O) groups is 1. The first-order valence-corrected chi connectivity index (χ1v) is 18.0. The first kappa shape index (κ1) is 32.6. The Morgan fingerprint density at radius 3 is 2.13 bits per heavy atom. The Balaban J connectivity index is 1.19. The molecule has 0 radical (unpaired) electrons. The van der Waals surface area contributed by atoms with Crippen LogP contribution in [0.1, 0.15) is 29.0 Å². The number of nitrogens with zero attached hydrogens (tertiary/aromatic N) is 4. The maximum absolute atomic E-state index is 13.5. The van der Waals surface area contributed by atoms with Gasteiger partial charge >= 0.3 is 0 Å². The van der Waals surface area contributed by atoms with Crippen LogP contribution >= 0.6 is 11.8 Å². The summed E-state index contributed by atoms with van der Waals surface area (Å²) < 4.78 is 35.7. The minimum atomic E-state index is -3.71. The summed E-state index contributed by atoms with van der Waals surface area (Å²) in [6, 6.07) is 35.4. The smallest absolute Gasteiger partial charge is 0.243 e. The molecule has 1 aliphatic heterocycles. The molecule has 1 aliphatic rings. The summed E-state index contributed by atoms with van der Waals surface area (Å²) in [7, 11) is -3.71. The molecule has 1 saturated heterocycles. The quantitative estimate of drug-likeness (QED) is 0.170. The molecule has 0 unspecified atom stereocenters. The third kappa shape index (κ3) is 7.65. The van der Waals surface area contributed by atoms with Gasteiger partial charge in [-0.2, -0.15) is 4.31 Å². The zero-order chi connectivity index (χ0) is 32.6. The van der Waals surface area contributed by atoms with Crippen molar-refractivity contribution in [2.45, 2.75) is 29.3 Å². The second-order valence-electron chi connectivity index (χ2n) is 11.3. The summed E-state index contributed by atoms with van der Waals surface area (Å²) in [5, 5.41) is 12.6. The maximum Gasteiger partial charge on any atom is 0.243 e. The number of carbonyl (C=O) groups excluding carboxylic acids is 1. The van der Waals surface area contributed by atoms with E-state index in [-0.39, 0.29) is 22.5 Å². The van der Waals surface area contributed by atoms with Gasteiger partial charge in [-0.3, -0.25) is 9.36 Å². The van der Waals surface area contributed by atoms with Gasteiger partial charge in [0.2, 0.25) is 15.9 Å². The van der Waals surface area contributed by atoms with Crippen LogP contribution in [0.25, 0.3) is 17.1 Å². The Morgan fingerprint density at radius 1 is 0.872 bits per heavy atom. The molecule has 1 aromatic heterocycles. The van der Waals surface area contributed by atoms with Crippen LogP contribution < -0.4 is 5.32 Å². The minimum Gasteiger partial charge on any atom is -0.379 e. The van der Waals surface area contributed by atoms with Crippen molar-refractivity contribution in [3.05, 3.63) is 126 Å². The molecule has 11 heteroatoms. The van der Waals surface area contributed by atoms with E-state index in [2.05, 4.69) is 39.8 Å². The van der Waals surface area contributed by atoms with E-state index in [1.165, 1.54) is 27.2 Å². The van der Waals surface area contributed by atoms with Crippen molar-refractivity contribution in [1.29, 1.82) is 0 Å². The van der Waals surface area contributed by atoms with Gasteiger partial charge < -0.3 is 10.1 Å². The van der Waals surface area contributed by atoms with Crippen molar-refractivity contribution in [3.8, 4) is 17.1 Å². The molecule has 0 aliphatic carbocycles. The van der Waals surface area contributed by atoms with Gasteiger partial charge in [-0.1, -0.05) is 96.7 Å². The van der Waals surface area contributed by atoms with Gasteiger partial charge in [0, 0.05) is 36.8 Å². The summed E-state index contributed by atoms with van der Waals surface area (Å²) in [6.07, 6.45) is 0.762. The highest BCUT2D eigenvalue weighted by Crippen LogP contribution is 2.32. The van der Waals surface area contributed by atoms with Gasteiger partial charge in [-0.05, 0) is 54.3 Å². The van der Waals surface area contributed by atoms with Gasteiger partial charge in [-0.15, -0.1) is 10.2 Å². The van der Waals surface area contributed by atoms with E-state index in [9.17, 15) is 13.2 Å². The van der Waals surface area contributed by atoms with E-state index < -0.39 is 10.0 Å². The number of aryl methyl sites for hydroxylation is 1. The molecule has 5 aromatic rings. The van der Waals surface area contributed by atoms with Crippen molar-refractivity contribution in [1.82, 2.24) is 24.4 Å². The molecule has 47 heavy (non-hydrogen) atoms. The maximum atomic E-state index is 13.5. The lowest BCUT2D eigenvalue weighted by Gasteiger charge is -2.26. The normalized spacial score (nSPS) is 13.9. The monoisotopic (exact) mass is 667 g/mol. The van der Waals surface area contributed by atoms with Crippen LogP contribution in [0.4, 0.5) is 0 Å². The van der Waals surface area contributed by atoms with Crippen molar-refractivity contribution in [2.75, 3.05) is 38.6 Å². The summed E-state index contributed by atoms with van der Waals surface area (Å²) >= 11 is 1.29. The third-order valence-electron chi connectivity index (χ3n) is 8.20. The zero-order valence-corrected chi connectivity index (χ0v) is 27.8. The second kappa shape index (κ2) is 15.1. The fourth-order valence-corrected chi connectivity index (χ4v) is 7.94. The Bertz CT molecular complexity index is 1860. The van der Waals surface area contributed by atoms with Gasteiger partial charge in [-0.25, -0.2) is 8.42 Å². The van der Waals surface area contributed by atoms with Crippen molar-refractivity contribution >= 4 is 27.7 Å². The summed E-state index contributed by atoms with van der Waals surface area (Å²) in [6.45, 7) is 3.81. The summed E-state index contributed by atoms with van der Waals surface area (Å²) in [5.74, 6) is 0.717. The molecule has 1 N–H and O–H groups in total. The van der Waals surface area contributed by atoms with Crippen LogP contribution in [0, 0.1) is 6.92 Å². The van der Waals surface area contributed by atoms with Crippen molar-refractivity contribution in [3.63, 3.8) is 0 Å². The minimum absolute atomic E-state index is 0.103. The molecule has 0 atom stereocenters. The van der Waals surface area contributed by atoms with Gasteiger partial charge in [0.05, 0.1) is 23.9 Å². The van der Waals surface area contributed by atoms with E-state index in [0.29, 0.717) is 49.4 Å². The number of rotatable bonds is 12. The largest absolute Gasteiger partial charge is 0.379 e. The molecule has 9 nitrogen and oxygen atoms in total. The lowest BCUT2D eigenvalue weighted by atomic mass is 9.88. The predicted octanol–water partition coefficient (Wildman–Crippen LogP) is 5.69. The predicted molar refractivity (Wildman–Crippen MR) is 184 cm³/mol. The zero-order valence-electron chi connectivity index (χ0n) is 26.2. The first-order valence-electron chi connectivity index (χ1n) is 15.6. The van der Waals surface area contributed by atoms with E-state index in [0.717, 1.165) is 17.7 Å². The molecule has 4 aromatic carbocycles. The van der Waals surface area contributed by atoms with Crippen LogP contribution in [-0.4, -0.2) is 72.0 Å². The number of amides is 1. The van der Waals surface area contributed by atoms with Crippen LogP contribution in [-0.2, 0) is 19.6 Å². The summed E-state index contributed by atoms with van der Waals surface area (Å²) in [5.41, 5.74) is 4.74. The number of ether oxygens (including phenoxy) is 1. The number of morpholine rings is 1. The number of para-hydroxylation sites is 1. The highest BCUT2D eigenvalue weighted by atomic mass is 32.2. The molecular weight excluding hydrogens is 631 g/mol. The number of thioether (sulfide) groups is 1. The van der Waals surface area contributed by atoms with Crippen LogP contribution in [0.15, 0.2) is 119 Å². The molecule has 6 rings (SSSR count). The molecule has 242 valence electrons. The SMILES string of the molecule is Cc1ccc(S(=O)(=O)N2CCOCC2)cc1-c1nnc(SCC(=O)NCCC(c2ccccc2)c2ccccc2)n1-c1ccccc1. The number of benzene rings is 4. The van der Waals surface area contributed by atoms with E-state index in [1.54, 1.807) is 18.2 Å². The standard InChI is InChI=1S/C36H37N5O4S2/c1-27-17-18-31(47(43,44)40-21-23-45-24-22-40)25-33(27)35-38-39-36(41(35)30-15-9-4-10-16-30)46-26-34(42)37-20-19-32(28-11-5-2-6-12-28)29-13-7-3-8-14-29/h2-18,25,32H,19-24,26H2,1H3,(H,37,42). The molecule has 0 spiro atoms. The molecule has 0 bridgehead atoms. The van der Waals surface area contributed by atoms with Gasteiger partial charge in [0.25, 0.3) is 0 Å². The molecule has 2 heterocycles.